The second kappa shape index (κ2) is 10.3. The number of methoxy groups -OCH3 is 1. The minimum absolute atomic E-state index is 0.0438. The highest BCUT2D eigenvalue weighted by molar-refractivity contribution is 6.51. The number of hydrogen-bond acceptors (Lipinski definition) is 5. The van der Waals surface area contributed by atoms with E-state index < -0.39 is 17.7 Å². The smallest absolute Gasteiger partial charge is 0.300 e. The first-order chi connectivity index (χ1) is 17.3. The van der Waals surface area contributed by atoms with Gasteiger partial charge in [0.1, 0.15) is 11.5 Å². The molecule has 6 heteroatoms. The number of hydrogen-bond donors (Lipinski definition) is 1. The van der Waals surface area contributed by atoms with E-state index in [1.807, 2.05) is 68.4 Å². The molecule has 186 valence electrons. The lowest BCUT2D eigenvalue weighted by molar-refractivity contribution is -0.132. The van der Waals surface area contributed by atoms with Crippen LogP contribution in [0, 0.1) is 13.8 Å². The van der Waals surface area contributed by atoms with Crippen LogP contribution >= 0.6 is 0 Å². The van der Waals surface area contributed by atoms with Gasteiger partial charge in [-0.15, -0.1) is 0 Å². The van der Waals surface area contributed by atoms with E-state index in [2.05, 4.69) is 18.7 Å². The zero-order chi connectivity index (χ0) is 26.0. The quantitative estimate of drug-likeness (QED) is 0.261. The van der Waals surface area contributed by atoms with Crippen molar-refractivity contribution in [2.75, 3.05) is 30.0 Å². The number of nitrogens with zero attached hydrogens (tertiary/aromatic N) is 2. The fourth-order valence-electron chi connectivity index (χ4n) is 4.82. The summed E-state index contributed by atoms with van der Waals surface area (Å²) < 4.78 is 5.46. The summed E-state index contributed by atoms with van der Waals surface area (Å²) in [4.78, 5) is 30.6. The van der Waals surface area contributed by atoms with Crippen LogP contribution in [0.3, 0.4) is 0 Å². The van der Waals surface area contributed by atoms with Crippen molar-refractivity contribution >= 4 is 28.8 Å². The Morgan fingerprint density at radius 2 is 1.61 bits per heavy atom. The first-order valence-corrected chi connectivity index (χ1v) is 12.2. The molecular formula is C30H32N2O4. The number of ketones is 1. The summed E-state index contributed by atoms with van der Waals surface area (Å²) in [5.41, 5.74) is 4.68. The van der Waals surface area contributed by atoms with Crippen molar-refractivity contribution in [2.24, 2.45) is 0 Å². The van der Waals surface area contributed by atoms with Gasteiger partial charge in [0.15, 0.2) is 0 Å². The van der Waals surface area contributed by atoms with Gasteiger partial charge in [0.2, 0.25) is 0 Å². The van der Waals surface area contributed by atoms with E-state index in [-0.39, 0.29) is 11.3 Å². The van der Waals surface area contributed by atoms with Crippen LogP contribution in [0.4, 0.5) is 11.4 Å². The SMILES string of the molecule is CCN(CC)c1ccc(N2C(=O)C(=O)/C(=C(/O)c3cc(C)ccc3OC)C2c2cccc(C)c2)cc1. The molecule has 3 aromatic carbocycles. The normalized spacial score (nSPS) is 16.9. The number of benzene rings is 3. The molecule has 1 unspecified atom stereocenters. The molecule has 6 nitrogen and oxygen atoms in total. The summed E-state index contributed by atoms with van der Waals surface area (Å²) in [6.45, 7) is 9.76. The molecule has 0 spiro atoms. The average molecular weight is 485 g/mol. The average Bonchev–Trinajstić information content (AvgIpc) is 3.15. The molecule has 1 N–H and O–H groups in total. The molecule has 1 fully saturated rings. The van der Waals surface area contributed by atoms with Crippen LogP contribution in [0.2, 0.25) is 0 Å². The fourth-order valence-corrected chi connectivity index (χ4v) is 4.82. The number of carbonyl (C=O) groups is 2. The van der Waals surface area contributed by atoms with Crippen LogP contribution in [0.15, 0.2) is 72.3 Å². The minimum atomic E-state index is -0.783. The zero-order valence-electron chi connectivity index (χ0n) is 21.4. The number of Topliss-reactive ketones (excluding diaryl/α,β-unsaturated/α-hetero) is 1. The van der Waals surface area contributed by atoms with Crippen LogP contribution < -0.4 is 14.5 Å². The number of carbonyl (C=O) groups excluding carboxylic acids is 2. The second-order valence-electron chi connectivity index (χ2n) is 8.98. The van der Waals surface area contributed by atoms with Gasteiger partial charge in [-0.2, -0.15) is 0 Å². The van der Waals surface area contributed by atoms with Crippen LogP contribution in [-0.4, -0.2) is 37.0 Å². The van der Waals surface area contributed by atoms with Gasteiger partial charge in [-0.1, -0.05) is 41.5 Å². The van der Waals surface area contributed by atoms with E-state index in [1.54, 1.807) is 12.1 Å². The zero-order valence-corrected chi connectivity index (χ0v) is 21.4. The predicted octanol–water partition coefficient (Wildman–Crippen LogP) is 5.78. The molecular weight excluding hydrogens is 452 g/mol. The maximum Gasteiger partial charge on any atom is 0.300 e. The topological polar surface area (TPSA) is 70.1 Å². The molecule has 3 aromatic rings. The van der Waals surface area contributed by atoms with Gasteiger partial charge in [0.25, 0.3) is 11.7 Å². The number of rotatable bonds is 7. The lowest BCUT2D eigenvalue weighted by Gasteiger charge is -2.27. The fraction of sp³-hybridized carbons (Fsp3) is 0.267. The third-order valence-corrected chi connectivity index (χ3v) is 6.67. The standard InChI is InChI=1S/C30H32N2O4/c1-6-31(7-2)22-12-14-23(15-13-22)32-27(21-10-8-9-19(3)17-21)26(29(34)30(32)35)28(33)24-18-20(4)11-16-25(24)36-5/h8-18,27,33H,6-7H2,1-5H3/b28-26+. The first-order valence-electron chi connectivity index (χ1n) is 12.2. The lowest BCUT2D eigenvalue weighted by atomic mass is 9.93. The largest absolute Gasteiger partial charge is 0.507 e. The van der Waals surface area contributed by atoms with E-state index in [9.17, 15) is 14.7 Å². The van der Waals surface area contributed by atoms with Crippen molar-refractivity contribution in [2.45, 2.75) is 33.7 Å². The highest BCUT2D eigenvalue weighted by Crippen LogP contribution is 2.43. The van der Waals surface area contributed by atoms with Crippen molar-refractivity contribution in [3.8, 4) is 5.75 Å². The summed E-state index contributed by atoms with van der Waals surface area (Å²) in [6, 6.07) is 19.9. The molecule has 0 saturated carbocycles. The highest BCUT2D eigenvalue weighted by Gasteiger charge is 2.47. The maximum absolute atomic E-state index is 13.5. The number of amides is 1. The van der Waals surface area contributed by atoms with Gasteiger partial charge >= 0.3 is 0 Å². The van der Waals surface area contributed by atoms with E-state index in [0.29, 0.717) is 17.0 Å². The predicted molar refractivity (Wildman–Crippen MR) is 144 cm³/mol. The molecule has 0 aromatic heterocycles. The van der Waals surface area contributed by atoms with Crippen molar-refractivity contribution in [1.29, 1.82) is 0 Å². The molecule has 0 bridgehead atoms. The number of aryl methyl sites for hydroxylation is 2. The minimum Gasteiger partial charge on any atom is -0.507 e. The molecule has 1 heterocycles. The maximum atomic E-state index is 13.5. The van der Waals surface area contributed by atoms with Crippen molar-refractivity contribution in [3.63, 3.8) is 0 Å². The molecule has 1 saturated heterocycles. The van der Waals surface area contributed by atoms with Crippen LogP contribution in [0.25, 0.3) is 5.76 Å². The van der Waals surface area contributed by atoms with Gasteiger partial charge in [-0.3, -0.25) is 14.5 Å². The Bertz CT molecular complexity index is 1320. The summed E-state index contributed by atoms with van der Waals surface area (Å²) >= 11 is 0. The van der Waals surface area contributed by atoms with Gasteiger partial charge in [0, 0.05) is 24.5 Å². The van der Waals surface area contributed by atoms with Gasteiger partial charge in [-0.05, 0) is 69.7 Å². The Labute approximate surface area is 212 Å². The van der Waals surface area contributed by atoms with E-state index in [4.69, 9.17) is 4.74 Å². The van der Waals surface area contributed by atoms with Gasteiger partial charge in [-0.25, -0.2) is 0 Å². The van der Waals surface area contributed by atoms with Crippen LogP contribution in [0.5, 0.6) is 5.75 Å². The van der Waals surface area contributed by atoms with Gasteiger partial charge in [0.05, 0.1) is 24.3 Å². The summed E-state index contributed by atoms with van der Waals surface area (Å²) in [5.74, 6) is -1.22. The number of anilines is 2. The van der Waals surface area contributed by atoms with Crippen molar-refractivity contribution in [1.82, 2.24) is 0 Å². The summed E-state index contributed by atoms with van der Waals surface area (Å²) in [6.07, 6.45) is 0. The monoisotopic (exact) mass is 484 g/mol. The van der Waals surface area contributed by atoms with Crippen LogP contribution in [0.1, 0.15) is 42.1 Å². The molecule has 1 amide bonds. The van der Waals surface area contributed by atoms with Crippen molar-refractivity contribution < 1.29 is 19.4 Å². The van der Waals surface area contributed by atoms with Gasteiger partial charge < -0.3 is 14.7 Å². The second-order valence-corrected chi connectivity index (χ2v) is 8.98. The Balaban J connectivity index is 1.92. The third kappa shape index (κ3) is 4.47. The molecule has 1 aliphatic heterocycles. The van der Waals surface area contributed by atoms with Crippen molar-refractivity contribution in [3.05, 3.63) is 94.6 Å². The molecule has 1 aliphatic rings. The summed E-state index contributed by atoms with van der Waals surface area (Å²) in [5, 5.41) is 11.5. The Morgan fingerprint density at radius 3 is 2.22 bits per heavy atom. The molecule has 4 rings (SSSR count). The van der Waals surface area contributed by atoms with E-state index in [0.717, 1.165) is 35.5 Å². The first kappa shape index (κ1) is 25.0. The van der Waals surface area contributed by atoms with E-state index in [1.165, 1.54) is 12.0 Å². The third-order valence-electron chi connectivity index (χ3n) is 6.67. The molecule has 1 atom stereocenters. The number of aliphatic hydroxyl groups is 1. The molecule has 0 radical (unpaired) electrons. The number of ether oxygens (including phenoxy) is 1. The molecule has 0 aliphatic carbocycles. The van der Waals surface area contributed by atoms with E-state index >= 15 is 0 Å². The summed E-state index contributed by atoms with van der Waals surface area (Å²) in [7, 11) is 1.51. The Hall–Kier alpha value is -4.06. The Kier molecular flexibility index (Phi) is 7.15. The molecule has 36 heavy (non-hydrogen) atoms. The Morgan fingerprint density at radius 1 is 0.944 bits per heavy atom. The van der Waals surface area contributed by atoms with Crippen LogP contribution in [-0.2, 0) is 9.59 Å². The lowest BCUT2D eigenvalue weighted by Crippen LogP contribution is -2.29. The number of aliphatic hydroxyl groups excluding tert-OH is 1. The highest BCUT2D eigenvalue weighted by atomic mass is 16.5.